The summed E-state index contributed by atoms with van der Waals surface area (Å²) in [5.74, 6) is -1.09. The number of pyridine rings is 1. The number of aromatic nitrogens is 1. The minimum Gasteiger partial charge on any atom is -0.364 e. The highest BCUT2D eigenvalue weighted by atomic mass is 19.3. The largest absolute Gasteiger partial charge is 0.364 e. The molecule has 2 heterocycles. The highest BCUT2D eigenvalue weighted by Crippen LogP contribution is 2.35. The summed E-state index contributed by atoms with van der Waals surface area (Å²) in [6, 6.07) is 2.63. The zero-order valence-corrected chi connectivity index (χ0v) is 9.86. The number of alkyl halides is 2. The number of nitrogens with zero attached hydrogens (tertiary/aromatic N) is 2. The molecule has 0 radical (unpaired) electrons. The van der Waals surface area contributed by atoms with Crippen LogP contribution in [0, 0.1) is 0 Å². The second kappa shape index (κ2) is 5.08. The lowest BCUT2D eigenvalue weighted by Gasteiger charge is -2.31. The van der Waals surface area contributed by atoms with Crippen LogP contribution in [0.4, 0.5) is 17.6 Å². The lowest BCUT2D eigenvalue weighted by atomic mass is 10.1. The van der Waals surface area contributed by atoms with Crippen LogP contribution < -0.4 is 5.43 Å². The maximum absolute atomic E-state index is 12.9. The molecule has 1 fully saturated rings. The minimum atomic E-state index is -3.42. The third-order valence-corrected chi connectivity index (χ3v) is 2.76. The first-order valence-electron chi connectivity index (χ1n) is 5.42. The van der Waals surface area contributed by atoms with Gasteiger partial charge in [-0.05, 0) is 12.1 Å². The first-order valence-corrected chi connectivity index (χ1v) is 5.42. The van der Waals surface area contributed by atoms with Crippen molar-refractivity contribution in [3.05, 3.63) is 41.9 Å². The first kappa shape index (κ1) is 14.3. The summed E-state index contributed by atoms with van der Waals surface area (Å²) in [5, 5.41) is 9.88. The molecule has 0 bridgehead atoms. The Bertz CT molecular complexity index is 548. The molecule has 2 rings (SSSR count). The number of hydrazine groups is 1. The van der Waals surface area contributed by atoms with E-state index in [9.17, 15) is 27.5 Å². The molecule has 108 valence electrons. The van der Waals surface area contributed by atoms with Gasteiger partial charge in [0.15, 0.2) is 0 Å². The third kappa shape index (κ3) is 2.31. The summed E-state index contributed by atoms with van der Waals surface area (Å²) in [7, 11) is 0. The number of amides is 1. The van der Waals surface area contributed by atoms with Gasteiger partial charge in [-0.25, -0.2) is 13.8 Å². The molecule has 20 heavy (non-hydrogen) atoms. The summed E-state index contributed by atoms with van der Waals surface area (Å²) in [4.78, 5) is 15.6. The lowest BCUT2D eigenvalue weighted by molar-refractivity contribution is -0.168. The van der Waals surface area contributed by atoms with Crippen molar-refractivity contribution in [2.45, 2.75) is 18.6 Å². The van der Waals surface area contributed by atoms with Gasteiger partial charge in [0.2, 0.25) is 5.72 Å². The van der Waals surface area contributed by atoms with E-state index < -0.39 is 36.3 Å². The molecule has 1 atom stereocenters. The molecule has 1 aromatic heterocycles. The van der Waals surface area contributed by atoms with Crippen LogP contribution in [0.15, 0.2) is 36.3 Å². The maximum atomic E-state index is 12.9. The van der Waals surface area contributed by atoms with Gasteiger partial charge in [-0.3, -0.25) is 15.2 Å². The van der Waals surface area contributed by atoms with Crippen molar-refractivity contribution in [3.8, 4) is 0 Å². The average molecular weight is 291 g/mol. The van der Waals surface area contributed by atoms with E-state index >= 15 is 0 Å². The van der Waals surface area contributed by atoms with Gasteiger partial charge in [0.1, 0.15) is 5.70 Å². The number of nitrogens with one attached hydrogen (secondary N) is 1. The van der Waals surface area contributed by atoms with Gasteiger partial charge in [-0.2, -0.15) is 8.78 Å². The Morgan fingerprint density at radius 2 is 2.20 bits per heavy atom. The van der Waals surface area contributed by atoms with E-state index in [-0.39, 0.29) is 10.6 Å². The molecule has 9 heteroatoms. The quantitative estimate of drug-likeness (QED) is 0.810. The zero-order valence-electron chi connectivity index (χ0n) is 9.86. The molecule has 1 aromatic rings. The smallest absolute Gasteiger partial charge is 0.291 e. The van der Waals surface area contributed by atoms with E-state index in [1.807, 2.05) is 5.43 Å². The van der Waals surface area contributed by atoms with Crippen LogP contribution in [0.25, 0.3) is 0 Å². The normalized spacial score (nSPS) is 22.1. The van der Waals surface area contributed by atoms with Crippen LogP contribution in [0.2, 0.25) is 0 Å². The van der Waals surface area contributed by atoms with Gasteiger partial charge >= 0.3 is 0 Å². The second-order valence-electron chi connectivity index (χ2n) is 4.09. The highest BCUT2D eigenvalue weighted by molar-refractivity contribution is 5.94. The van der Waals surface area contributed by atoms with Gasteiger partial charge in [-0.1, -0.05) is 0 Å². The Morgan fingerprint density at radius 1 is 1.50 bits per heavy atom. The molecule has 1 unspecified atom stereocenters. The van der Waals surface area contributed by atoms with E-state index in [1.165, 1.54) is 18.3 Å². The topological polar surface area (TPSA) is 65.5 Å². The van der Waals surface area contributed by atoms with E-state index in [4.69, 9.17) is 0 Å². The molecule has 0 saturated carbocycles. The van der Waals surface area contributed by atoms with Crippen molar-refractivity contribution in [2.24, 2.45) is 0 Å². The van der Waals surface area contributed by atoms with E-state index in [0.29, 0.717) is 0 Å². The molecule has 1 aliphatic heterocycles. The monoisotopic (exact) mass is 291 g/mol. The van der Waals surface area contributed by atoms with Crippen molar-refractivity contribution >= 4 is 5.91 Å². The van der Waals surface area contributed by atoms with Gasteiger partial charge in [0, 0.05) is 12.4 Å². The van der Waals surface area contributed by atoms with Gasteiger partial charge < -0.3 is 5.11 Å². The lowest BCUT2D eigenvalue weighted by Crippen LogP contribution is -2.55. The van der Waals surface area contributed by atoms with Gasteiger partial charge in [0.05, 0.1) is 12.0 Å². The van der Waals surface area contributed by atoms with E-state index in [2.05, 4.69) is 4.98 Å². The maximum Gasteiger partial charge on any atom is 0.291 e. The number of carbonyl (C=O) groups excluding carboxylic acids is 1. The molecule has 5 nitrogen and oxygen atoms in total. The first-order chi connectivity index (χ1) is 9.36. The van der Waals surface area contributed by atoms with Crippen molar-refractivity contribution in [1.82, 2.24) is 15.4 Å². The zero-order chi connectivity index (χ0) is 14.9. The molecule has 0 aliphatic carbocycles. The molecule has 2 N–H and O–H groups in total. The fourth-order valence-corrected chi connectivity index (χ4v) is 1.74. The number of hydrogen-bond donors (Lipinski definition) is 2. The number of hydrogen-bond acceptors (Lipinski definition) is 4. The van der Waals surface area contributed by atoms with Crippen molar-refractivity contribution in [3.63, 3.8) is 0 Å². The van der Waals surface area contributed by atoms with Crippen molar-refractivity contribution in [1.29, 1.82) is 0 Å². The van der Waals surface area contributed by atoms with Crippen LogP contribution in [0.5, 0.6) is 0 Å². The summed E-state index contributed by atoms with van der Waals surface area (Å²) in [5.41, 5.74) is -2.27. The van der Waals surface area contributed by atoms with Crippen LogP contribution in [0.1, 0.15) is 16.8 Å². The number of carbonyl (C=O) groups is 1. The van der Waals surface area contributed by atoms with Crippen LogP contribution >= 0.6 is 0 Å². The van der Waals surface area contributed by atoms with E-state index in [1.54, 1.807) is 0 Å². The Hall–Kier alpha value is -2.16. The Kier molecular flexibility index (Phi) is 3.62. The summed E-state index contributed by atoms with van der Waals surface area (Å²) < 4.78 is 50.8. The minimum absolute atomic E-state index is 0.100. The molecular formula is C11H9F4N3O2. The molecular weight excluding hydrogens is 282 g/mol. The van der Waals surface area contributed by atoms with Gasteiger partial charge in [-0.15, -0.1) is 0 Å². The summed E-state index contributed by atoms with van der Waals surface area (Å²) >= 11 is 0. The van der Waals surface area contributed by atoms with Crippen LogP contribution in [-0.2, 0) is 0 Å². The average Bonchev–Trinajstić information content (AvgIpc) is 2.79. The molecule has 1 aliphatic rings. The third-order valence-electron chi connectivity index (χ3n) is 2.76. The Morgan fingerprint density at radius 3 is 2.70 bits per heavy atom. The van der Waals surface area contributed by atoms with Crippen LogP contribution in [0.3, 0.4) is 0 Å². The molecule has 1 amide bonds. The number of rotatable bonds is 2. The van der Waals surface area contributed by atoms with Gasteiger partial charge in [0.25, 0.3) is 18.4 Å². The molecule has 1 saturated heterocycles. The fourth-order valence-electron chi connectivity index (χ4n) is 1.74. The summed E-state index contributed by atoms with van der Waals surface area (Å²) in [6.45, 7) is 0. The van der Waals surface area contributed by atoms with Crippen LogP contribution in [-0.4, -0.2) is 33.2 Å². The number of halogens is 4. The summed E-state index contributed by atoms with van der Waals surface area (Å²) in [6.07, 6.45) is -4.36. The standard InChI is InChI=1S/C11H9F4N3O2/c12-8(13)7-4-11(20,10(14)15)18(17-7)9(19)6-2-1-3-16-5-6/h1-3,5,10,17,20H,4H2. The van der Waals surface area contributed by atoms with Crippen molar-refractivity contribution < 1.29 is 27.5 Å². The molecule has 0 aromatic carbocycles. The second-order valence-corrected chi connectivity index (χ2v) is 4.09. The fraction of sp³-hybridized carbons (Fsp3) is 0.273. The predicted molar refractivity (Wildman–Crippen MR) is 58.4 cm³/mol. The predicted octanol–water partition coefficient (Wildman–Crippen LogP) is 1.49. The molecule has 0 spiro atoms. The Balaban J connectivity index is 2.38. The van der Waals surface area contributed by atoms with Crippen molar-refractivity contribution in [2.75, 3.05) is 0 Å². The highest BCUT2D eigenvalue weighted by Gasteiger charge is 2.53. The number of aliphatic hydroxyl groups is 1. The van der Waals surface area contributed by atoms with E-state index in [0.717, 1.165) is 6.20 Å². The Labute approximate surface area is 110 Å². The SMILES string of the molecule is O=C(c1cccnc1)N1NC(=C(F)F)CC1(O)C(F)F.